The predicted octanol–water partition coefficient (Wildman–Crippen LogP) is 5.37. The maximum Gasteiger partial charge on any atom is 0.416 e. The van der Waals surface area contributed by atoms with E-state index in [1.807, 2.05) is 6.07 Å². The molecular weight excluding hydrogens is 324 g/mol. The monoisotopic (exact) mass is 332 g/mol. The van der Waals surface area contributed by atoms with Crippen molar-refractivity contribution < 1.29 is 13.2 Å². The van der Waals surface area contributed by atoms with Crippen molar-refractivity contribution in [2.45, 2.75) is 6.18 Å². The zero-order valence-electron chi connectivity index (χ0n) is 10.5. The molecule has 0 amide bonds. The van der Waals surface area contributed by atoms with Gasteiger partial charge >= 0.3 is 6.18 Å². The zero-order chi connectivity index (χ0) is 15.5. The quantitative estimate of drug-likeness (QED) is 0.592. The third kappa shape index (κ3) is 4.12. The first-order valence-corrected chi connectivity index (χ1v) is 6.55. The Morgan fingerprint density at radius 2 is 1.71 bits per heavy atom. The van der Waals surface area contributed by atoms with E-state index in [0.717, 1.165) is 18.2 Å². The first-order valence-electron chi connectivity index (χ1n) is 5.79. The first kappa shape index (κ1) is 15.7. The van der Waals surface area contributed by atoms with Crippen LogP contribution in [0.2, 0.25) is 5.02 Å². The van der Waals surface area contributed by atoms with Crippen molar-refractivity contribution in [1.29, 1.82) is 0 Å². The van der Waals surface area contributed by atoms with Gasteiger partial charge in [-0.25, -0.2) is 0 Å². The maximum atomic E-state index is 12.6. The van der Waals surface area contributed by atoms with Gasteiger partial charge in [0.1, 0.15) is 0 Å². The van der Waals surface area contributed by atoms with E-state index in [9.17, 15) is 13.2 Å². The second kappa shape index (κ2) is 6.37. The molecule has 0 saturated heterocycles. The van der Waals surface area contributed by atoms with Gasteiger partial charge in [0.25, 0.3) is 0 Å². The van der Waals surface area contributed by atoms with Gasteiger partial charge in [0.15, 0.2) is 5.17 Å². The number of anilines is 1. The molecule has 0 heterocycles. The summed E-state index contributed by atoms with van der Waals surface area (Å²) in [5.41, 5.74) is 2.29. The summed E-state index contributed by atoms with van der Waals surface area (Å²) in [4.78, 5) is 0. The lowest BCUT2D eigenvalue weighted by atomic mass is 10.2. The molecule has 1 N–H and O–H groups in total. The fourth-order valence-electron chi connectivity index (χ4n) is 1.54. The number of halogens is 5. The average molecular weight is 333 g/mol. The van der Waals surface area contributed by atoms with E-state index in [0.29, 0.717) is 5.56 Å². The second-order valence-corrected chi connectivity index (χ2v) is 4.84. The van der Waals surface area contributed by atoms with Crippen molar-refractivity contribution in [3.05, 3.63) is 64.7 Å². The summed E-state index contributed by atoms with van der Waals surface area (Å²) < 4.78 is 37.9. The lowest BCUT2D eigenvalue weighted by Crippen LogP contribution is -2.06. The van der Waals surface area contributed by atoms with Gasteiger partial charge in [-0.3, -0.25) is 5.43 Å². The van der Waals surface area contributed by atoms with E-state index in [1.165, 1.54) is 0 Å². The first-order chi connectivity index (χ1) is 9.88. The Morgan fingerprint density at radius 1 is 1.05 bits per heavy atom. The molecule has 0 aliphatic heterocycles. The molecule has 2 rings (SSSR count). The smallest absolute Gasteiger partial charge is 0.276 e. The summed E-state index contributed by atoms with van der Waals surface area (Å²) in [6.45, 7) is 0. The Balaban J connectivity index is 2.24. The van der Waals surface area contributed by atoms with Crippen LogP contribution in [0.25, 0.3) is 0 Å². The molecule has 21 heavy (non-hydrogen) atoms. The summed E-state index contributed by atoms with van der Waals surface area (Å²) in [6, 6.07) is 11.7. The van der Waals surface area contributed by atoms with Gasteiger partial charge in [-0.1, -0.05) is 53.5 Å². The molecule has 7 heteroatoms. The Bertz CT molecular complexity index is 655. The summed E-state index contributed by atoms with van der Waals surface area (Å²) in [5, 5.41) is 4.06. The summed E-state index contributed by atoms with van der Waals surface area (Å²) in [5.74, 6) is 0. The van der Waals surface area contributed by atoms with Crippen LogP contribution in [-0.4, -0.2) is 5.17 Å². The number of hydrazone groups is 1. The Kier molecular flexibility index (Phi) is 4.75. The third-order valence-corrected chi connectivity index (χ3v) is 3.21. The minimum atomic E-state index is -4.45. The second-order valence-electron chi connectivity index (χ2n) is 4.07. The lowest BCUT2D eigenvalue weighted by molar-refractivity contribution is -0.137. The number of nitrogens with zero attached hydrogens (tertiary/aromatic N) is 1. The molecule has 0 unspecified atom stereocenters. The summed E-state index contributed by atoms with van der Waals surface area (Å²) in [6.07, 6.45) is -4.45. The highest BCUT2D eigenvalue weighted by Crippen LogP contribution is 2.33. The molecule has 2 nitrogen and oxygen atoms in total. The van der Waals surface area contributed by atoms with Crippen molar-refractivity contribution >= 4 is 34.1 Å². The molecular formula is C14H9Cl2F3N2. The van der Waals surface area contributed by atoms with Gasteiger partial charge < -0.3 is 0 Å². The van der Waals surface area contributed by atoms with Crippen LogP contribution in [0.1, 0.15) is 11.1 Å². The number of hydrogen-bond acceptors (Lipinski definition) is 2. The molecule has 0 fully saturated rings. The fourth-order valence-corrected chi connectivity index (χ4v) is 1.86. The summed E-state index contributed by atoms with van der Waals surface area (Å²) in [7, 11) is 0. The highest BCUT2D eigenvalue weighted by molar-refractivity contribution is 6.69. The topological polar surface area (TPSA) is 24.4 Å². The number of alkyl halides is 3. The molecule has 0 radical (unpaired) electrons. The molecule has 110 valence electrons. The number of hydrogen-bond donors (Lipinski definition) is 1. The highest BCUT2D eigenvalue weighted by atomic mass is 35.5. The number of benzene rings is 2. The fraction of sp³-hybridized carbons (Fsp3) is 0.0714. The number of nitrogens with one attached hydrogen (secondary N) is 1. The van der Waals surface area contributed by atoms with Crippen LogP contribution in [-0.2, 0) is 6.18 Å². The van der Waals surface area contributed by atoms with Crippen molar-refractivity contribution in [3.63, 3.8) is 0 Å². The molecule has 2 aromatic carbocycles. The average Bonchev–Trinajstić information content (AvgIpc) is 2.45. The highest BCUT2D eigenvalue weighted by Gasteiger charge is 2.30. The van der Waals surface area contributed by atoms with E-state index in [4.69, 9.17) is 23.2 Å². The van der Waals surface area contributed by atoms with Crippen LogP contribution in [0.5, 0.6) is 0 Å². The van der Waals surface area contributed by atoms with Crippen LogP contribution in [0.3, 0.4) is 0 Å². The molecule has 0 aromatic heterocycles. The Morgan fingerprint density at radius 3 is 2.33 bits per heavy atom. The van der Waals surface area contributed by atoms with E-state index in [1.54, 1.807) is 24.3 Å². The molecule has 2 aromatic rings. The van der Waals surface area contributed by atoms with E-state index >= 15 is 0 Å². The largest absolute Gasteiger partial charge is 0.416 e. The van der Waals surface area contributed by atoms with Gasteiger partial charge in [-0.15, -0.1) is 0 Å². The van der Waals surface area contributed by atoms with Crippen molar-refractivity contribution in [2.24, 2.45) is 5.10 Å². The maximum absolute atomic E-state index is 12.6. The SMILES string of the molecule is FC(F)(F)c1ccc(Cl)c(NN=C(Cl)c2ccccc2)c1. The van der Waals surface area contributed by atoms with Crippen LogP contribution in [0.4, 0.5) is 18.9 Å². The van der Waals surface area contributed by atoms with Gasteiger partial charge in [-0.2, -0.15) is 18.3 Å². The van der Waals surface area contributed by atoms with E-state index < -0.39 is 11.7 Å². The van der Waals surface area contributed by atoms with Gasteiger partial charge in [0.05, 0.1) is 16.3 Å². The number of rotatable bonds is 3. The Labute approximate surface area is 129 Å². The minimum absolute atomic E-state index is 0.0283. The van der Waals surface area contributed by atoms with Crippen LogP contribution >= 0.6 is 23.2 Å². The van der Waals surface area contributed by atoms with Gasteiger partial charge in [-0.05, 0) is 18.2 Å². The van der Waals surface area contributed by atoms with E-state index in [-0.39, 0.29) is 15.9 Å². The van der Waals surface area contributed by atoms with E-state index in [2.05, 4.69) is 10.5 Å². The molecule has 0 spiro atoms. The van der Waals surface area contributed by atoms with Crippen molar-refractivity contribution in [2.75, 3.05) is 5.43 Å². The molecule has 0 bridgehead atoms. The molecule has 0 aliphatic rings. The van der Waals surface area contributed by atoms with Crippen molar-refractivity contribution in [3.8, 4) is 0 Å². The molecule has 0 atom stereocenters. The van der Waals surface area contributed by atoms with Crippen LogP contribution in [0.15, 0.2) is 53.6 Å². The minimum Gasteiger partial charge on any atom is -0.276 e. The molecule has 0 saturated carbocycles. The lowest BCUT2D eigenvalue weighted by Gasteiger charge is -2.10. The molecule has 0 aliphatic carbocycles. The van der Waals surface area contributed by atoms with Gasteiger partial charge in [0, 0.05) is 5.56 Å². The van der Waals surface area contributed by atoms with Gasteiger partial charge in [0.2, 0.25) is 0 Å². The van der Waals surface area contributed by atoms with Crippen LogP contribution in [0, 0.1) is 0 Å². The predicted molar refractivity (Wildman–Crippen MR) is 78.9 cm³/mol. The third-order valence-electron chi connectivity index (χ3n) is 2.58. The zero-order valence-corrected chi connectivity index (χ0v) is 12.0. The van der Waals surface area contributed by atoms with Crippen LogP contribution < -0.4 is 5.43 Å². The normalized spacial score (nSPS) is 12.3. The Hall–Kier alpha value is -1.72. The standard InChI is InChI=1S/C14H9Cl2F3N2/c15-11-7-6-10(14(17,18)19)8-12(11)20-21-13(16)9-4-2-1-3-5-9/h1-8,20H. The summed E-state index contributed by atoms with van der Waals surface area (Å²) >= 11 is 11.8. The van der Waals surface area contributed by atoms with Crippen molar-refractivity contribution in [1.82, 2.24) is 0 Å².